The number of halogens is 1. The SMILES string of the molecule is CCOC(=O)C1=CN(C(=O)c2cccnc2Cl)CCc2c1[nH]c1ccccc21. The van der Waals surface area contributed by atoms with Gasteiger partial charge < -0.3 is 14.6 Å². The molecule has 0 saturated heterocycles. The Balaban J connectivity index is 1.81. The van der Waals surface area contributed by atoms with Crippen molar-refractivity contribution >= 4 is 40.0 Å². The van der Waals surface area contributed by atoms with Gasteiger partial charge in [0, 0.05) is 29.8 Å². The Morgan fingerprint density at radius 2 is 2.07 bits per heavy atom. The summed E-state index contributed by atoms with van der Waals surface area (Å²) in [6, 6.07) is 11.1. The van der Waals surface area contributed by atoms with Gasteiger partial charge in [0.25, 0.3) is 5.91 Å². The monoisotopic (exact) mass is 395 g/mol. The molecule has 0 fully saturated rings. The molecule has 6 nitrogen and oxygen atoms in total. The molecule has 0 atom stereocenters. The summed E-state index contributed by atoms with van der Waals surface area (Å²) in [6.07, 6.45) is 3.66. The summed E-state index contributed by atoms with van der Waals surface area (Å²) in [6.45, 7) is 2.40. The number of carbonyl (C=O) groups excluding carboxylic acids is 2. The molecule has 0 bridgehead atoms. The average Bonchev–Trinajstić information content (AvgIpc) is 2.95. The normalized spacial score (nSPS) is 13.6. The summed E-state index contributed by atoms with van der Waals surface area (Å²) >= 11 is 6.10. The van der Waals surface area contributed by atoms with Crippen molar-refractivity contribution in [3.8, 4) is 0 Å². The molecule has 0 saturated carbocycles. The van der Waals surface area contributed by atoms with Crippen molar-refractivity contribution in [3.05, 3.63) is 70.8 Å². The number of amides is 1. The van der Waals surface area contributed by atoms with Gasteiger partial charge in [-0.05, 0) is 37.1 Å². The van der Waals surface area contributed by atoms with Crippen molar-refractivity contribution in [3.63, 3.8) is 0 Å². The zero-order valence-electron chi connectivity index (χ0n) is 15.2. The van der Waals surface area contributed by atoms with E-state index in [-0.39, 0.29) is 17.7 Å². The van der Waals surface area contributed by atoms with Crippen LogP contribution < -0.4 is 0 Å². The van der Waals surface area contributed by atoms with Gasteiger partial charge in [0.05, 0.1) is 23.4 Å². The number of hydrogen-bond acceptors (Lipinski definition) is 4. The number of rotatable bonds is 3. The first-order chi connectivity index (χ1) is 13.6. The highest BCUT2D eigenvalue weighted by atomic mass is 35.5. The van der Waals surface area contributed by atoms with Gasteiger partial charge in [0.15, 0.2) is 0 Å². The maximum Gasteiger partial charge on any atom is 0.341 e. The lowest BCUT2D eigenvalue weighted by Gasteiger charge is -2.18. The van der Waals surface area contributed by atoms with Crippen LogP contribution in [-0.2, 0) is 16.0 Å². The minimum atomic E-state index is -0.479. The predicted molar refractivity (Wildman–Crippen MR) is 107 cm³/mol. The van der Waals surface area contributed by atoms with E-state index in [1.165, 1.54) is 11.1 Å². The second kappa shape index (κ2) is 7.48. The number of aromatic amines is 1. The number of H-pyrrole nitrogens is 1. The van der Waals surface area contributed by atoms with E-state index in [1.54, 1.807) is 25.3 Å². The first-order valence-electron chi connectivity index (χ1n) is 9.00. The van der Waals surface area contributed by atoms with Crippen molar-refractivity contribution in [2.24, 2.45) is 0 Å². The highest BCUT2D eigenvalue weighted by molar-refractivity contribution is 6.32. The molecule has 0 radical (unpaired) electrons. The van der Waals surface area contributed by atoms with Crippen molar-refractivity contribution in [2.45, 2.75) is 13.3 Å². The molecule has 0 unspecified atom stereocenters. The van der Waals surface area contributed by atoms with Crippen LogP contribution in [0.2, 0.25) is 5.15 Å². The third-order valence-electron chi connectivity index (χ3n) is 4.72. The van der Waals surface area contributed by atoms with Gasteiger partial charge in [-0.15, -0.1) is 0 Å². The second-order valence-electron chi connectivity index (χ2n) is 6.38. The number of para-hydroxylation sites is 1. The highest BCUT2D eigenvalue weighted by Crippen LogP contribution is 2.32. The van der Waals surface area contributed by atoms with Crippen LogP contribution in [0.5, 0.6) is 0 Å². The topological polar surface area (TPSA) is 75.3 Å². The van der Waals surface area contributed by atoms with Gasteiger partial charge in [-0.2, -0.15) is 0 Å². The van der Waals surface area contributed by atoms with Crippen molar-refractivity contribution in [2.75, 3.05) is 13.2 Å². The molecule has 0 spiro atoms. The van der Waals surface area contributed by atoms with E-state index in [0.29, 0.717) is 29.8 Å². The van der Waals surface area contributed by atoms with Crippen molar-refractivity contribution in [1.29, 1.82) is 0 Å². The average molecular weight is 396 g/mol. The zero-order chi connectivity index (χ0) is 19.7. The van der Waals surface area contributed by atoms with Crippen molar-refractivity contribution in [1.82, 2.24) is 14.9 Å². The smallest absolute Gasteiger partial charge is 0.341 e. The van der Waals surface area contributed by atoms with Crippen LogP contribution >= 0.6 is 11.6 Å². The minimum absolute atomic E-state index is 0.131. The molecule has 3 heterocycles. The maximum atomic E-state index is 13.0. The molecule has 1 aliphatic rings. The fraction of sp³-hybridized carbons (Fsp3) is 0.190. The van der Waals surface area contributed by atoms with Gasteiger partial charge in [-0.3, -0.25) is 4.79 Å². The number of aromatic nitrogens is 2. The molecule has 2 aromatic heterocycles. The van der Waals surface area contributed by atoms with Gasteiger partial charge in [-0.1, -0.05) is 29.8 Å². The zero-order valence-corrected chi connectivity index (χ0v) is 16.0. The molecular weight excluding hydrogens is 378 g/mol. The van der Waals surface area contributed by atoms with E-state index in [1.807, 2.05) is 24.3 Å². The molecule has 28 heavy (non-hydrogen) atoms. The number of carbonyl (C=O) groups is 2. The van der Waals surface area contributed by atoms with Gasteiger partial charge in [0.1, 0.15) is 5.15 Å². The third kappa shape index (κ3) is 3.16. The molecule has 142 valence electrons. The molecule has 1 N–H and O–H groups in total. The van der Waals surface area contributed by atoms with E-state index in [4.69, 9.17) is 16.3 Å². The van der Waals surface area contributed by atoms with Crippen molar-refractivity contribution < 1.29 is 14.3 Å². The van der Waals surface area contributed by atoms with E-state index in [2.05, 4.69) is 9.97 Å². The number of fused-ring (bicyclic) bond motifs is 3. The number of benzene rings is 1. The van der Waals surface area contributed by atoms with Gasteiger partial charge >= 0.3 is 5.97 Å². The standard InChI is InChI=1S/C21H18ClN3O3/c1-2-28-21(27)16-12-25(20(26)15-7-5-10-23-19(15)22)11-9-14-13-6-3-4-8-17(13)24-18(14)16/h3-8,10,12,24H,2,9,11H2,1H3. The summed E-state index contributed by atoms with van der Waals surface area (Å²) in [5.41, 5.74) is 3.23. The summed E-state index contributed by atoms with van der Waals surface area (Å²) < 4.78 is 5.24. The predicted octanol–water partition coefficient (Wildman–Crippen LogP) is 3.82. The Bertz CT molecular complexity index is 1100. The number of hydrogen-bond donors (Lipinski definition) is 1. The number of nitrogens with one attached hydrogen (secondary N) is 1. The van der Waals surface area contributed by atoms with Crippen LogP contribution in [0.1, 0.15) is 28.5 Å². The van der Waals surface area contributed by atoms with Crippen LogP contribution in [0.25, 0.3) is 16.5 Å². The Morgan fingerprint density at radius 3 is 2.86 bits per heavy atom. The summed E-state index contributed by atoms with van der Waals surface area (Å²) in [7, 11) is 0. The van der Waals surface area contributed by atoms with E-state index >= 15 is 0 Å². The van der Waals surface area contributed by atoms with E-state index in [9.17, 15) is 9.59 Å². The fourth-order valence-electron chi connectivity index (χ4n) is 3.43. The van der Waals surface area contributed by atoms with Crippen LogP contribution in [-0.4, -0.2) is 39.9 Å². The minimum Gasteiger partial charge on any atom is -0.462 e. The largest absolute Gasteiger partial charge is 0.462 e. The van der Waals surface area contributed by atoms with E-state index in [0.717, 1.165) is 16.5 Å². The molecule has 3 aromatic rings. The van der Waals surface area contributed by atoms with Gasteiger partial charge in [-0.25, -0.2) is 9.78 Å². The summed E-state index contributed by atoms with van der Waals surface area (Å²) in [5, 5.41) is 1.16. The summed E-state index contributed by atoms with van der Waals surface area (Å²) in [5.74, 6) is -0.790. The van der Waals surface area contributed by atoms with Gasteiger partial charge in [0.2, 0.25) is 0 Å². The molecule has 1 aromatic carbocycles. The number of nitrogens with zero attached hydrogens (tertiary/aromatic N) is 2. The third-order valence-corrected chi connectivity index (χ3v) is 5.02. The molecule has 4 rings (SSSR count). The Hall–Kier alpha value is -3.12. The lowest BCUT2D eigenvalue weighted by atomic mass is 10.0. The molecule has 7 heteroatoms. The lowest BCUT2D eigenvalue weighted by Crippen LogP contribution is -2.28. The van der Waals surface area contributed by atoms with Crippen LogP contribution in [0.4, 0.5) is 0 Å². The molecule has 1 aliphatic heterocycles. The van der Waals surface area contributed by atoms with Crippen LogP contribution in [0.15, 0.2) is 48.8 Å². The fourth-order valence-corrected chi connectivity index (χ4v) is 3.63. The van der Waals surface area contributed by atoms with Crippen LogP contribution in [0.3, 0.4) is 0 Å². The van der Waals surface area contributed by atoms with E-state index < -0.39 is 5.97 Å². The molecule has 0 aliphatic carbocycles. The Kier molecular flexibility index (Phi) is 4.88. The number of pyridine rings is 1. The Labute approximate surface area is 166 Å². The van der Waals surface area contributed by atoms with Crippen LogP contribution in [0, 0.1) is 0 Å². The quantitative estimate of drug-likeness (QED) is 0.540. The first-order valence-corrected chi connectivity index (χ1v) is 9.38. The first kappa shape index (κ1) is 18.3. The maximum absolute atomic E-state index is 13.0. The lowest BCUT2D eigenvalue weighted by molar-refractivity contribution is -0.136. The summed E-state index contributed by atoms with van der Waals surface area (Å²) in [4.78, 5) is 34.5. The Morgan fingerprint density at radius 1 is 1.25 bits per heavy atom. The second-order valence-corrected chi connectivity index (χ2v) is 6.74. The molecule has 1 amide bonds. The number of esters is 1. The molecular formula is C21H18ClN3O3. The highest BCUT2D eigenvalue weighted by Gasteiger charge is 2.28. The number of ether oxygens (including phenoxy) is 1.